The van der Waals surface area contributed by atoms with Crippen molar-refractivity contribution in [3.05, 3.63) is 64.5 Å². The fraction of sp³-hybridized carbons (Fsp3) is 0.250. The predicted octanol–water partition coefficient (Wildman–Crippen LogP) is 4.89. The van der Waals surface area contributed by atoms with E-state index in [0.717, 1.165) is 5.56 Å². The predicted molar refractivity (Wildman–Crippen MR) is 74.3 cm³/mol. The van der Waals surface area contributed by atoms with Crippen LogP contribution in [-0.2, 0) is 0 Å². The average Bonchev–Trinajstić information content (AvgIpc) is 2.38. The van der Waals surface area contributed by atoms with Gasteiger partial charge in [0.2, 0.25) is 0 Å². The molecule has 0 aliphatic heterocycles. The number of hydrogen-bond donors (Lipinski definition) is 1. The van der Waals surface area contributed by atoms with Crippen LogP contribution in [0.1, 0.15) is 29.7 Å². The van der Waals surface area contributed by atoms with Gasteiger partial charge in [-0.3, -0.25) is 0 Å². The largest absolute Gasteiger partial charge is 0.378 e. The Morgan fingerprint density at radius 1 is 0.900 bits per heavy atom. The Morgan fingerprint density at radius 2 is 1.60 bits per heavy atom. The minimum atomic E-state index is -0.474. The normalized spacial score (nSPS) is 12.3. The highest BCUT2D eigenvalue weighted by Crippen LogP contribution is 2.26. The highest BCUT2D eigenvalue weighted by molar-refractivity contribution is 5.52. The first-order valence-corrected chi connectivity index (χ1v) is 6.36. The van der Waals surface area contributed by atoms with Gasteiger partial charge in [0, 0.05) is 11.3 Å². The van der Waals surface area contributed by atoms with E-state index < -0.39 is 17.7 Å². The average molecular weight is 279 g/mol. The van der Waals surface area contributed by atoms with Crippen molar-refractivity contribution >= 4 is 5.69 Å². The van der Waals surface area contributed by atoms with Crippen LogP contribution in [0.2, 0.25) is 0 Å². The third kappa shape index (κ3) is 2.95. The van der Waals surface area contributed by atoms with Crippen LogP contribution in [-0.4, -0.2) is 0 Å². The van der Waals surface area contributed by atoms with Gasteiger partial charge < -0.3 is 5.32 Å². The molecule has 1 atom stereocenters. The highest BCUT2D eigenvalue weighted by Gasteiger charge is 2.14. The number of aryl methyl sites for hydroxylation is 2. The van der Waals surface area contributed by atoms with E-state index in [1.54, 1.807) is 13.0 Å². The topological polar surface area (TPSA) is 12.0 Å². The van der Waals surface area contributed by atoms with Gasteiger partial charge in [0.1, 0.15) is 17.5 Å². The standard InChI is InChI=1S/C16H16F3N/c1-9-4-5-12(17)7-16(9)20-11(3)13-8-14(18)10(2)6-15(13)19/h4-8,11,20H,1-3H3. The van der Waals surface area contributed by atoms with Gasteiger partial charge in [-0.15, -0.1) is 0 Å². The summed E-state index contributed by atoms with van der Waals surface area (Å²) in [6, 6.07) is 6.21. The molecule has 106 valence electrons. The summed E-state index contributed by atoms with van der Waals surface area (Å²) in [5, 5.41) is 3.01. The van der Waals surface area contributed by atoms with Gasteiger partial charge in [0.25, 0.3) is 0 Å². The zero-order valence-electron chi connectivity index (χ0n) is 11.6. The molecule has 0 aromatic heterocycles. The van der Waals surface area contributed by atoms with Gasteiger partial charge in [-0.1, -0.05) is 6.07 Å². The Hall–Kier alpha value is -1.97. The monoisotopic (exact) mass is 279 g/mol. The van der Waals surface area contributed by atoms with Crippen LogP contribution in [0.15, 0.2) is 30.3 Å². The minimum Gasteiger partial charge on any atom is -0.378 e. The van der Waals surface area contributed by atoms with Gasteiger partial charge in [-0.25, -0.2) is 13.2 Å². The summed E-state index contributed by atoms with van der Waals surface area (Å²) >= 11 is 0. The van der Waals surface area contributed by atoms with Gasteiger partial charge in [0.15, 0.2) is 0 Å². The van der Waals surface area contributed by atoms with E-state index in [1.807, 2.05) is 6.92 Å². The summed E-state index contributed by atoms with van der Waals surface area (Å²) in [5.41, 5.74) is 1.89. The number of rotatable bonds is 3. The second-order valence-corrected chi connectivity index (χ2v) is 4.95. The summed E-state index contributed by atoms with van der Waals surface area (Å²) in [6.45, 7) is 5.04. The lowest BCUT2D eigenvalue weighted by molar-refractivity contribution is 0.571. The van der Waals surface area contributed by atoms with Crippen molar-refractivity contribution in [2.45, 2.75) is 26.8 Å². The maximum absolute atomic E-state index is 13.9. The van der Waals surface area contributed by atoms with Crippen molar-refractivity contribution in [3.63, 3.8) is 0 Å². The molecule has 0 fully saturated rings. The van der Waals surface area contributed by atoms with E-state index in [4.69, 9.17) is 0 Å². The molecule has 0 saturated carbocycles. The summed E-state index contributed by atoms with van der Waals surface area (Å²) in [7, 11) is 0. The van der Waals surface area contributed by atoms with Crippen molar-refractivity contribution < 1.29 is 13.2 Å². The fourth-order valence-electron chi connectivity index (χ4n) is 2.05. The molecular weight excluding hydrogens is 263 g/mol. The smallest absolute Gasteiger partial charge is 0.128 e. The van der Waals surface area contributed by atoms with E-state index in [2.05, 4.69) is 5.32 Å². The van der Waals surface area contributed by atoms with E-state index in [0.29, 0.717) is 5.69 Å². The molecule has 0 aliphatic rings. The first-order valence-electron chi connectivity index (χ1n) is 6.36. The molecule has 20 heavy (non-hydrogen) atoms. The van der Waals surface area contributed by atoms with Crippen LogP contribution in [0.4, 0.5) is 18.9 Å². The van der Waals surface area contributed by atoms with Crippen molar-refractivity contribution in [2.24, 2.45) is 0 Å². The van der Waals surface area contributed by atoms with Crippen LogP contribution in [0.25, 0.3) is 0 Å². The SMILES string of the molecule is Cc1cc(F)c(C(C)Nc2cc(F)ccc2C)cc1F. The van der Waals surface area contributed by atoms with Crippen LogP contribution in [0, 0.1) is 31.3 Å². The fourth-order valence-corrected chi connectivity index (χ4v) is 2.05. The summed E-state index contributed by atoms with van der Waals surface area (Å²) in [5.74, 6) is -1.30. The molecule has 0 radical (unpaired) electrons. The number of hydrogen-bond acceptors (Lipinski definition) is 1. The van der Waals surface area contributed by atoms with Crippen LogP contribution < -0.4 is 5.32 Å². The molecule has 2 rings (SSSR count). The maximum atomic E-state index is 13.9. The van der Waals surface area contributed by atoms with Crippen molar-refractivity contribution in [3.8, 4) is 0 Å². The molecular formula is C16H16F3N. The van der Waals surface area contributed by atoms with Crippen LogP contribution in [0.5, 0.6) is 0 Å². The number of halogens is 3. The Labute approximate surface area is 116 Å². The zero-order chi connectivity index (χ0) is 14.9. The van der Waals surface area contributed by atoms with Gasteiger partial charge >= 0.3 is 0 Å². The van der Waals surface area contributed by atoms with Gasteiger partial charge in [-0.05, 0) is 56.2 Å². The second kappa shape index (κ2) is 5.57. The molecule has 0 bridgehead atoms. The lowest BCUT2D eigenvalue weighted by Crippen LogP contribution is -2.10. The molecule has 0 saturated heterocycles. The second-order valence-electron chi connectivity index (χ2n) is 4.95. The van der Waals surface area contributed by atoms with E-state index in [9.17, 15) is 13.2 Å². The summed E-state index contributed by atoms with van der Waals surface area (Å²) in [4.78, 5) is 0. The van der Waals surface area contributed by atoms with E-state index in [-0.39, 0.29) is 16.9 Å². The highest BCUT2D eigenvalue weighted by atomic mass is 19.1. The van der Waals surface area contributed by atoms with Crippen LogP contribution >= 0.6 is 0 Å². The van der Waals surface area contributed by atoms with Crippen molar-refractivity contribution in [2.75, 3.05) is 5.32 Å². The third-order valence-electron chi connectivity index (χ3n) is 3.32. The Bertz CT molecular complexity index is 638. The van der Waals surface area contributed by atoms with Gasteiger partial charge in [0.05, 0.1) is 6.04 Å². The Kier molecular flexibility index (Phi) is 4.02. The van der Waals surface area contributed by atoms with Gasteiger partial charge in [-0.2, -0.15) is 0 Å². The quantitative estimate of drug-likeness (QED) is 0.843. The summed E-state index contributed by atoms with van der Waals surface area (Å²) < 4.78 is 40.7. The third-order valence-corrected chi connectivity index (χ3v) is 3.32. The molecule has 0 amide bonds. The zero-order valence-corrected chi connectivity index (χ0v) is 11.6. The first-order chi connectivity index (χ1) is 9.38. The van der Waals surface area contributed by atoms with E-state index >= 15 is 0 Å². The number of benzene rings is 2. The lowest BCUT2D eigenvalue weighted by atomic mass is 10.0. The Balaban J connectivity index is 2.30. The Morgan fingerprint density at radius 3 is 2.30 bits per heavy atom. The molecule has 1 nitrogen and oxygen atoms in total. The molecule has 2 aromatic rings. The van der Waals surface area contributed by atoms with E-state index in [1.165, 1.54) is 31.2 Å². The first kappa shape index (κ1) is 14.4. The molecule has 4 heteroatoms. The van der Waals surface area contributed by atoms with Crippen LogP contribution in [0.3, 0.4) is 0 Å². The molecule has 1 N–H and O–H groups in total. The molecule has 2 aromatic carbocycles. The molecule has 1 unspecified atom stereocenters. The van der Waals surface area contributed by atoms with Crippen molar-refractivity contribution in [1.29, 1.82) is 0 Å². The molecule has 0 heterocycles. The number of anilines is 1. The molecule has 0 spiro atoms. The number of nitrogens with one attached hydrogen (secondary N) is 1. The minimum absolute atomic E-state index is 0.219. The summed E-state index contributed by atoms with van der Waals surface area (Å²) in [6.07, 6.45) is 0. The maximum Gasteiger partial charge on any atom is 0.128 e. The van der Waals surface area contributed by atoms with Crippen molar-refractivity contribution in [1.82, 2.24) is 0 Å². The lowest BCUT2D eigenvalue weighted by Gasteiger charge is -2.18. The molecule has 0 aliphatic carbocycles.